The van der Waals surface area contributed by atoms with E-state index >= 15 is 0 Å². The van der Waals surface area contributed by atoms with E-state index in [0.29, 0.717) is 29.5 Å². The third-order valence-electron chi connectivity index (χ3n) is 5.06. The highest BCUT2D eigenvalue weighted by molar-refractivity contribution is 7.92. The Kier molecular flexibility index (Phi) is 5.78. The SMILES string of the molecule is O=S(=O)(c1c(F)cccc1F)C1CCN(c2nc(-c3ccc(F)c(Cl)c3)cs2)CC1. The molecule has 30 heavy (non-hydrogen) atoms. The van der Waals surface area contributed by atoms with Crippen molar-refractivity contribution >= 4 is 37.9 Å². The Balaban J connectivity index is 1.49. The number of aromatic nitrogens is 1. The van der Waals surface area contributed by atoms with Gasteiger partial charge in [-0.1, -0.05) is 17.7 Å². The van der Waals surface area contributed by atoms with Crippen LogP contribution in [0.1, 0.15) is 12.8 Å². The van der Waals surface area contributed by atoms with Gasteiger partial charge in [0.05, 0.1) is 16.0 Å². The maximum atomic E-state index is 14.0. The minimum Gasteiger partial charge on any atom is -0.348 e. The highest BCUT2D eigenvalue weighted by Gasteiger charge is 2.35. The third-order valence-corrected chi connectivity index (χ3v) is 8.56. The molecule has 2 aromatic carbocycles. The third kappa shape index (κ3) is 3.93. The smallest absolute Gasteiger partial charge is 0.187 e. The average Bonchev–Trinajstić information content (AvgIpc) is 3.20. The van der Waals surface area contributed by atoms with E-state index in [2.05, 4.69) is 4.98 Å². The van der Waals surface area contributed by atoms with Gasteiger partial charge in [0.1, 0.15) is 22.3 Å². The quantitative estimate of drug-likeness (QED) is 0.515. The summed E-state index contributed by atoms with van der Waals surface area (Å²) in [6.45, 7) is 0.772. The maximum Gasteiger partial charge on any atom is 0.187 e. The zero-order valence-corrected chi connectivity index (χ0v) is 17.9. The minimum absolute atomic E-state index is 0.00782. The summed E-state index contributed by atoms with van der Waals surface area (Å²) in [5.74, 6) is -2.65. The van der Waals surface area contributed by atoms with Crippen molar-refractivity contribution in [3.63, 3.8) is 0 Å². The van der Waals surface area contributed by atoms with Crippen molar-refractivity contribution < 1.29 is 21.6 Å². The average molecular weight is 473 g/mol. The van der Waals surface area contributed by atoms with Crippen LogP contribution in [-0.2, 0) is 9.84 Å². The van der Waals surface area contributed by atoms with Crippen LogP contribution in [-0.4, -0.2) is 31.7 Å². The fourth-order valence-electron chi connectivity index (χ4n) is 3.48. The molecule has 0 bridgehead atoms. The van der Waals surface area contributed by atoms with Gasteiger partial charge in [0.25, 0.3) is 0 Å². The van der Waals surface area contributed by atoms with Gasteiger partial charge >= 0.3 is 0 Å². The molecule has 0 N–H and O–H groups in total. The van der Waals surface area contributed by atoms with Gasteiger partial charge in [0, 0.05) is 24.0 Å². The highest BCUT2D eigenvalue weighted by atomic mass is 35.5. The number of hydrogen-bond donors (Lipinski definition) is 0. The number of benzene rings is 2. The Bertz CT molecular complexity index is 1170. The number of halogens is 4. The Hall–Kier alpha value is -2.10. The van der Waals surface area contributed by atoms with Crippen LogP contribution in [0.3, 0.4) is 0 Å². The summed E-state index contributed by atoms with van der Waals surface area (Å²) >= 11 is 7.21. The van der Waals surface area contributed by atoms with Crippen molar-refractivity contribution in [1.82, 2.24) is 4.98 Å². The molecule has 158 valence electrons. The van der Waals surface area contributed by atoms with Crippen LogP contribution in [0.2, 0.25) is 5.02 Å². The standard InChI is InChI=1S/C20H16ClF3N2O2S2/c21-14-10-12(4-5-15(14)22)18-11-29-20(25-18)26-8-6-13(7-9-26)30(27,28)19-16(23)2-1-3-17(19)24/h1-5,10-11,13H,6-9H2. The topological polar surface area (TPSA) is 50.3 Å². The second-order valence-corrected chi connectivity index (χ2v) is 10.3. The lowest BCUT2D eigenvalue weighted by molar-refractivity contribution is 0.497. The van der Waals surface area contributed by atoms with E-state index in [9.17, 15) is 21.6 Å². The molecule has 10 heteroatoms. The van der Waals surface area contributed by atoms with E-state index in [1.165, 1.54) is 23.5 Å². The van der Waals surface area contributed by atoms with E-state index in [1.54, 1.807) is 6.07 Å². The second kappa shape index (κ2) is 8.20. The van der Waals surface area contributed by atoms with Gasteiger partial charge < -0.3 is 4.90 Å². The Morgan fingerprint density at radius 2 is 1.70 bits per heavy atom. The number of anilines is 1. The normalized spacial score (nSPS) is 15.5. The number of thiazole rings is 1. The molecular formula is C20H16ClF3N2O2S2. The van der Waals surface area contributed by atoms with Gasteiger partial charge in [-0.2, -0.15) is 0 Å². The molecule has 1 saturated heterocycles. The van der Waals surface area contributed by atoms with Crippen LogP contribution in [0, 0.1) is 17.5 Å². The van der Waals surface area contributed by atoms with E-state index in [0.717, 1.165) is 18.2 Å². The van der Waals surface area contributed by atoms with Crippen LogP contribution < -0.4 is 4.90 Å². The van der Waals surface area contributed by atoms with Gasteiger partial charge in [-0.3, -0.25) is 0 Å². The van der Waals surface area contributed by atoms with E-state index in [1.807, 2.05) is 10.3 Å². The lowest BCUT2D eigenvalue weighted by atomic mass is 10.1. The first-order valence-corrected chi connectivity index (χ1v) is 11.9. The summed E-state index contributed by atoms with van der Waals surface area (Å²) in [5, 5.41) is 1.65. The van der Waals surface area contributed by atoms with Crippen molar-refractivity contribution in [2.24, 2.45) is 0 Å². The zero-order chi connectivity index (χ0) is 21.5. The van der Waals surface area contributed by atoms with Crippen LogP contribution in [0.5, 0.6) is 0 Å². The Morgan fingerprint density at radius 1 is 1.03 bits per heavy atom. The molecule has 1 aromatic heterocycles. The summed E-state index contributed by atoms with van der Waals surface area (Å²) < 4.78 is 66.9. The van der Waals surface area contributed by atoms with Crippen molar-refractivity contribution in [2.75, 3.05) is 18.0 Å². The molecule has 0 unspecified atom stereocenters. The van der Waals surface area contributed by atoms with Crippen LogP contribution in [0.15, 0.2) is 46.7 Å². The fraction of sp³-hybridized carbons (Fsp3) is 0.250. The largest absolute Gasteiger partial charge is 0.348 e. The van der Waals surface area contributed by atoms with E-state index < -0.39 is 37.4 Å². The minimum atomic E-state index is -4.12. The van der Waals surface area contributed by atoms with E-state index in [4.69, 9.17) is 11.6 Å². The maximum absolute atomic E-state index is 14.0. The van der Waals surface area contributed by atoms with Gasteiger partial charge in [0.2, 0.25) is 0 Å². The fourth-order valence-corrected chi connectivity index (χ4v) is 6.39. The molecule has 0 atom stereocenters. The van der Waals surface area contributed by atoms with Gasteiger partial charge in [0.15, 0.2) is 15.0 Å². The molecule has 0 aliphatic carbocycles. The lowest BCUT2D eigenvalue weighted by Crippen LogP contribution is -2.39. The van der Waals surface area contributed by atoms with Gasteiger partial charge in [-0.25, -0.2) is 26.6 Å². The number of nitrogens with zero attached hydrogens (tertiary/aromatic N) is 2. The summed E-state index contributed by atoms with van der Waals surface area (Å²) in [7, 11) is -4.12. The molecule has 0 saturated carbocycles. The van der Waals surface area contributed by atoms with Crippen LogP contribution >= 0.6 is 22.9 Å². The summed E-state index contributed by atoms with van der Waals surface area (Å²) in [5.41, 5.74) is 1.32. The van der Waals surface area contributed by atoms with Crippen molar-refractivity contribution in [1.29, 1.82) is 0 Å². The van der Waals surface area contributed by atoms with Crippen LogP contribution in [0.4, 0.5) is 18.3 Å². The number of rotatable bonds is 4. The molecule has 0 spiro atoms. The first-order chi connectivity index (χ1) is 14.3. The van der Waals surface area contributed by atoms with Gasteiger partial charge in [-0.05, 0) is 43.2 Å². The Morgan fingerprint density at radius 3 is 2.33 bits per heavy atom. The number of piperidine rings is 1. The molecule has 1 aliphatic rings. The molecule has 2 heterocycles. The Labute approximate surface area is 180 Å². The number of sulfone groups is 1. The van der Waals surface area contributed by atoms with Crippen molar-refractivity contribution in [3.05, 3.63) is 64.3 Å². The summed E-state index contributed by atoms with van der Waals surface area (Å²) in [6.07, 6.45) is 0.459. The predicted molar refractivity (Wildman–Crippen MR) is 111 cm³/mol. The molecule has 1 fully saturated rings. The van der Waals surface area contributed by atoms with E-state index in [-0.39, 0.29) is 17.9 Å². The molecule has 0 amide bonds. The number of hydrogen-bond acceptors (Lipinski definition) is 5. The first-order valence-electron chi connectivity index (χ1n) is 9.11. The summed E-state index contributed by atoms with van der Waals surface area (Å²) in [4.78, 5) is 5.62. The van der Waals surface area contributed by atoms with Gasteiger partial charge in [-0.15, -0.1) is 11.3 Å². The predicted octanol–water partition coefficient (Wildman–Crippen LogP) is 5.32. The van der Waals surface area contributed by atoms with Crippen molar-refractivity contribution in [3.8, 4) is 11.3 Å². The van der Waals surface area contributed by atoms with Crippen LogP contribution in [0.25, 0.3) is 11.3 Å². The molecule has 4 rings (SSSR count). The molecule has 1 aliphatic heterocycles. The molecule has 3 aromatic rings. The first kappa shape index (κ1) is 21.1. The van der Waals surface area contributed by atoms with Crippen molar-refractivity contribution in [2.45, 2.75) is 23.0 Å². The molecular weight excluding hydrogens is 457 g/mol. The monoisotopic (exact) mass is 472 g/mol. The highest BCUT2D eigenvalue weighted by Crippen LogP contribution is 2.33. The lowest BCUT2D eigenvalue weighted by Gasteiger charge is -2.31. The zero-order valence-electron chi connectivity index (χ0n) is 15.5. The second-order valence-electron chi connectivity index (χ2n) is 6.93. The summed E-state index contributed by atoms with van der Waals surface area (Å²) in [6, 6.07) is 7.39. The molecule has 0 radical (unpaired) electrons. The molecule has 4 nitrogen and oxygen atoms in total.